The van der Waals surface area contributed by atoms with E-state index in [2.05, 4.69) is 33.0 Å². The second-order valence-corrected chi connectivity index (χ2v) is 11.0. The molecule has 0 bridgehead atoms. The predicted octanol–water partition coefficient (Wildman–Crippen LogP) is 4.04. The molecule has 4 rings (SSSR count). The molecule has 0 radical (unpaired) electrons. The van der Waals surface area contributed by atoms with Crippen LogP contribution < -0.4 is 11.1 Å². The van der Waals surface area contributed by atoms with E-state index in [1.54, 1.807) is 6.07 Å². The van der Waals surface area contributed by atoms with Gasteiger partial charge in [-0.3, -0.25) is 9.59 Å². The Morgan fingerprint density at radius 1 is 1.24 bits per heavy atom. The van der Waals surface area contributed by atoms with Crippen molar-refractivity contribution in [2.24, 2.45) is 17.1 Å². The summed E-state index contributed by atoms with van der Waals surface area (Å²) in [6.07, 6.45) is 4.94. The Hall–Kier alpha value is -2.67. The van der Waals surface area contributed by atoms with Crippen molar-refractivity contribution >= 4 is 17.4 Å². The second-order valence-electron chi connectivity index (χ2n) is 11.0. The summed E-state index contributed by atoms with van der Waals surface area (Å²) in [5.41, 5.74) is 10.0. The maximum absolute atomic E-state index is 13.1. The number of carbonyl (C=O) groups is 2. The summed E-state index contributed by atoms with van der Waals surface area (Å²) in [4.78, 5) is 25.2. The zero-order valence-electron chi connectivity index (χ0n) is 20.1. The molecule has 2 aliphatic carbocycles. The first-order valence-electron chi connectivity index (χ1n) is 12.1. The molecule has 1 saturated carbocycles. The van der Waals surface area contributed by atoms with Gasteiger partial charge < -0.3 is 16.2 Å². The number of Topliss-reactive ketones (excluding diaryl/α,β-unsaturated/α-hetero) is 1. The SMILES string of the molecule is CC(C)Cc1nn(-c2ccc(C(N)=O)c(NC3CCC(O)CC3)c2)c2c1C(=O)CC(C)(C)C2. The van der Waals surface area contributed by atoms with Gasteiger partial charge in [-0.05, 0) is 68.1 Å². The van der Waals surface area contributed by atoms with Gasteiger partial charge in [0.15, 0.2) is 5.78 Å². The minimum Gasteiger partial charge on any atom is -0.393 e. The van der Waals surface area contributed by atoms with Crippen LogP contribution in [0.15, 0.2) is 18.2 Å². The van der Waals surface area contributed by atoms with E-state index in [0.717, 1.165) is 61.2 Å². The molecule has 1 amide bonds. The average molecular weight is 453 g/mol. The van der Waals surface area contributed by atoms with Crippen LogP contribution in [0.1, 0.15) is 91.9 Å². The van der Waals surface area contributed by atoms with Gasteiger partial charge >= 0.3 is 0 Å². The normalized spacial score (nSPS) is 22.3. The fraction of sp³-hybridized carbons (Fsp3) is 0.577. The number of anilines is 1. The van der Waals surface area contributed by atoms with E-state index >= 15 is 0 Å². The van der Waals surface area contributed by atoms with Crippen molar-refractivity contribution in [2.45, 2.75) is 84.8 Å². The smallest absolute Gasteiger partial charge is 0.250 e. The van der Waals surface area contributed by atoms with Crippen molar-refractivity contribution in [3.63, 3.8) is 0 Å². The topological polar surface area (TPSA) is 110 Å². The van der Waals surface area contributed by atoms with E-state index < -0.39 is 5.91 Å². The first-order chi connectivity index (χ1) is 15.5. The van der Waals surface area contributed by atoms with Gasteiger partial charge in [0.1, 0.15) is 0 Å². The summed E-state index contributed by atoms with van der Waals surface area (Å²) in [6.45, 7) is 8.50. The van der Waals surface area contributed by atoms with Gasteiger partial charge in [-0.15, -0.1) is 0 Å². The highest BCUT2D eigenvalue weighted by atomic mass is 16.3. The van der Waals surface area contributed by atoms with E-state index in [-0.39, 0.29) is 23.3 Å². The molecule has 0 saturated heterocycles. The lowest BCUT2D eigenvalue weighted by Gasteiger charge is -2.29. The number of nitrogens with one attached hydrogen (secondary N) is 1. The molecule has 0 aliphatic heterocycles. The van der Waals surface area contributed by atoms with Crippen molar-refractivity contribution in [3.8, 4) is 5.69 Å². The van der Waals surface area contributed by atoms with Crippen LogP contribution in [0, 0.1) is 11.3 Å². The first-order valence-corrected chi connectivity index (χ1v) is 12.1. The summed E-state index contributed by atoms with van der Waals surface area (Å²) < 4.78 is 1.90. The number of aliphatic hydroxyl groups excluding tert-OH is 1. The van der Waals surface area contributed by atoms with Gasteiger partial charge in [-0.1, -0.05) is 27.7 Å². The molecule has 1 heterocycles. The van der Waals surface area contributed by atoms with Crippen LogP contribution in [0.25, 0.3) is 5.69 Å². The predicted molar refractivity (Wildman–Crippen MR) is 129 cm³/mol. The molecule has 1 aromatic carbocycles. The van der Waals surface area contributed by atoms with E-state index in [9.17, 15) is 14.7 Å². The number of hydrogen-bond acceptors (Lipinski definition) is 5. The van der Waals surface area contributed by atoms with Crippen molar-refractivity contribution in [1.29, 1.82) is 0 Å². The first kappa shape index (κ1) is 23.5. The van der Waals surface area contributed by atoms with Crippen molar-refractivity contribution < 1.29 is 14.7 Å². The van der Waals surface area contributed by atoms with E-state index in [4.69, 9.17) is 10.8 Å². The van der Waals surface area contributed by atoms with Crippen LogP contribution in [0.3, 0.4) is 0 Å². The largest absolute Gasteiger partial charge is 0.393 e. The molecule has 0 spiro atoms. The Morgan fingerprint density at radius 3 is 2.58 bits per heavy atom. The van der Waals surface area contributed by atoms with E-state index in [1.165, 1.54) is 0 Å². The van der Waals surface area contributed by atoms with Crippen molar-refractivity contribution in [1.82, 2.24) is 9.78 Å². The van der Waals surface area contributed by atoms with Crippen molar-refractivity contribution in [3.05, 3.63) is 40.7 Å². The van der Waals surface area contributed by atoms with Crippen LogP contribution in [-0.4, -0.2) is 38.7 Å². The lowest BCUT2D eigenvalue weighted by atomic mass is 9.75. The third-order valence-electron chi connectivity index (χ3n) is 6.79. The number of nitrogens with zero attached hydrogens (tertiary/aromatic N) is 2. The van der Waals surface area contributed by atoms with E-state index in [1.807, 2.05) is 16.8 Å². The molecule has 2 aromatic rings. The molecular formula is C26H36N4O3. The van der Waals surface area contributed by atoms with Gasteiger partial charge in [0, 0.05) is 18.2 Å². The number of primary amides is 1. The molecule has 7 nitrogen and oxygen atoms in total. The number of benzene rings is 1. The zero-order valence-corrected chi connectivity index (χ0v) is 20.1. The third-order valence-corrected chi connectivity index (χ3v) is 6.79. The minimum atomic E-state index is -0.487. The summed E-state index contributed by atoms with van der Waals surface area (Å²) in [5, 5.41) is 18.2. The zero-order chi connectivity index (χ0) is 23.9. The van der Waals surface area contributed by atoms with Crippen LogP contribution in [0.4, 0.5) is 5.69 Å². The number of rotatable bonds is 6. The Morgan fingerprint density at radius 2 is 1.94 bits per heavy atom. The monoisotopic (exact) mass is 452 g/mol. The van der Waals surface area contributed by atoms with E-state index in [0.29, 0.717) is 23.6 Å². The molecule has 1 fully saturated rings. The fourth-order valence-electron chi connectivity index (χ4n) is 5.21. The number of ketones is 1. The number of fused-ring (bicyclic) bond motifs is 1. The molecule has 0 atom stereocenters. The summed E-state index contributed by atoms with van der Waals surface area (Å²) in [7, 11) is 0. The Bertz CT molecular complexity index is 1060. The highest BCUT2D eigenvalue weighted by Gasteiger charge is 2.36. The highest BCUT2D eigenvalue weighted by Crippen LogP contribution is 2.38. The Labute approximate surface area is 195 Å². The number of nitrogens with two attached hydrogens (primary N) is 1. The Kier molecular flexibility index (Phi) is 6.36. The van der Waals surface area contributed by atoms with Crippen LogP contribution in [0.2, 0.25) is 0 Å². The number of carbonyl (C=O) groups excluding carboxylic acids is 2. The highest BCUT2D eigenvalue weighted by molar-refractivity contribution is 6.00. The molecule has 0 unspecified atom stereocenters. The van der Waals surface area contributed by atoms with Gasteiger partial charge in [0.05, 0.1) is 34.3 Å². The standard InChI is InChI=1S/C26H36N4O3/c1-15(2)11-21-24-22(13-26(3,4)14-23(24)32)30(29-21)17-7-10-19(25(27)33)20(12-17)28-16-5-8-18(31)9-6-16/h7,10,12,15-16,18,28,31H,5-6,8-9,11,13-14H2,1-4H3,(H2,27,33). The molecule has 178 valence electrons. The molecule has 33 heavy (non-hydrogen) atoms. The number of hydrogen-bond donors (Lipinski definition) is 3. The molecular weight excluding hydrogens is 416 g/mol. The van der Waals surface area contributed by atoms with Crippen molar-refractivity contribution in [2.75, 3.05) is 5.32 Å². The minimum absolute atomic E-state index is 0.131. The van der Waals surface area contributed by atoms with Crippen LogP contribution >= 0.6 is 0 Å². The third kappa shape index (κ3) is 4.98. The van der Waals surface area contributed by atoms with Crippen LogP contribution in [0.5, 0.6) is 0 Å². The lowest BCUT2D eigenvalue weighted by molar-refractivity contribution is 0.0909. The molecule has 2 aliphatic rings. The maximum Gasteiger partial charge on any atom is 0.250 e. The summed E-state index contributed by atoms with van der Waals surface area (Å²) in [6, 6.07) is 5.69. The fourth-order valence-corrected chi connectivity index (χ4v) is 5.21. The van der Waals surface area contributed by atoms with Crippen LogP contribution in [-0.2, 0) is 12.8 Å². The number of aliphatic hydroxyl groups is 1. The number of amides is 1. The summed E-state index contributed by atoms with van der Waals surface area (Å²) in [5.74, 6) is 0.0616. The molecule has 4 N–H and O–H groups in total. The molecule has 1 aromatic heterocycles. The molecule has 7 heteroatoms. The van der Waals surface area contributed by atoms with Gasteiger partial charge in [-0.25, -0.2) is 4.68 Å². The quantitative estimate of drug-likeness (QED) is 0.613. The van der Waals surface area contributed by atoms with Gasteiger partial charge in [0.25, 0.3) is 5.91 Å². The maximum atomic E-state index is 13.1. The van der Waals surface area contributed by atoms with Gasteiger partial charge in [-0.2, -0.15) is 5.10 Å². The number of aromatic nitrogens is 2. The second kappa shape index (κ2) is 8.93. The van der Waals surface area contributed by atoms with Gasteiger partial charge in [0.2, 0.25) is 0 Å². The summed E-state index contributed by atoms with van der Waals surface area (Å²) >= 11 is 0. The lowest BCUT2D eigenvalue weighted by Crippen LogP contribution is -2.29. The Balaban J connectivity index is 1.77. The average Bonchev–Trinajstić information content (AvgIpc) is 3.05.